The van der Waals surface area contributed by atoms with Crippen LogP contribution in [0, 0.1) is 24.1 Å². The molecule has 1 aromatic carbocycles. The number of nitrogens with zero attached hydrogens (tertiary/aromatic N) is 4. The molecular weight excluding hydrogens is 289 g/mol. The van der Waals surface area contributed by atoms with E-state index in [9.17, 15) is 9.18 Å². The van der Waals surface area contributed by atoms with Crippen LogP contribution in [0.5, 0.6) is 0 Å². The van der Waals surface area contributed by atoms with E-state index in [-0.39, 0.29) is 17.3 Å². The number of tetrazole rings is 1. The Hall–Kier alpha value is -3.28. The number of aromatic nitrogens is 4. The summed E-state index contributed by atoms with van der Waals surface area (Å²) in [5.74, 6) is -0.662. The summed E-state index contributed by atoms with van der Waals surface area (Å²) in [6.45, 7) is 3.01. The maximum Gasteiger partial charge on any atom is 0.221 e. The molecule has 0 saturated carbocycles. The second kappa shape index (κ2) is 6.45. The number of carbonyl (C=O) groups excluding carboxylic acids is 1. The summed E-state index contributed by atoms with van der Waals surface area (Å²) in [7, 11) is 0. The summed E-state index contributed by atoms with van der Waals surface area (Å²) in [5, 5.41) is 27.4. The predicted molar refractivity (Wildman–Crippen MR) is 76.8 cm³/mol. The molecule has 0 saturated heterocycles. The van der Waals surface area contributed by atoms with E-state index in [2.05, 4.69) is 31.3 Å². The van der Waals surface area contributed by atoms with E-state index in [0.29, 0.717) is 16.9 Å². The Morgan fingerprint density at radius 3 is 2.86 bits per heavy atom. The van der Waals surface area contributed by atoms with Gasteiger partial charge in [-0.05, 0) is 29.8 Å². The van der Waals surface area contributed by atoms with Gasteiger partial charge in [0.2, 0.25) is 11.7 Å². The summed E-state index contributed by atoms with van der Waals surface area (Å²) in [5.41, 5.74) is 1.38. The number of nitrogens with one attached hydrogen (secondary N) is 3. The van der Waals surface area contributed by atoms with Crippen molar-refractivity contribution >= 4 is 22.9 Å². The van der Waals surface area contributed by atoms with Crippen LogP contribution >= 0.6 is 0 Å². The molecule has 1 amide bonds. The first-order valence-corrected chi connectivity index (χ1v) is 6.19. The van der Waals surface area contributed by atoms with Gasteiger partial charge in [0.1, 0.15) is 17.5 Å². The van der Waals surface area contributed by atoms with Crippen molar-refractivity contribution in [2.45, 2.75) is 13.8 Å². The van der Waals surface area contributed by atoms with Crippen molar-refractivity contribution in [2.75, 3.05) is 10.6 Å². The number of benzene rings is 1. The molecule has 0 aliphatic rings. The third-order valence-electron chi connectivity index (χ3n) is 2.68. The number of allylic oxidation sites excluding steroid dienone is 1. The molecular formula is C13H12FN7O. The van der Waals surface area contributed by atoms with Gasteiger partial charge < -0.3 is 10.6 Å². The lowest BCUT2D eigenvalue weighted by Gasteiger charge is -2.13. The van der Waals surface area contributed by atoms with Crippen molar-refractivity contribution < 1.29 is 9.18 Å². The van der Waals surface area contributed by atoms with Crippen LogP contribution in [0.15, 0.2) is 18.3 Å². The lowest BCUT2D eigenvalue weighted by Crippen LogP contribution is -2.10. The molecule has 8 nitrogen and oxygen atoms in total. The van der Waals surface area contributed by atoms with E-state index in [1.165, 1.54) is 25.3 Å². The first-order valence-electron chi connectivity index (χ1n) is 6.19. The molecule has 0 radical (unpaired) electrons. The van der Waals surface area contributed by atoms with Crippen molar-refractivity contribution in [3.63, 3.8) is 0 Å². The zero-order chi connectivity index (χ0) is 16.1. The number of hydrogen-bond acceptors (Lipinski definition) is 6. The highest BCUT2D eigenvalue weighted by molar-refractivity contribution is 5.94. The standard InChI is InChI=1S/C13H12FN7O/c1-7-3-10(14)4-11(12(7)17-8(2)22)16-6-9(5-15)13-18-20-21-19-13/h3-4,6,16H,1-2H3,(H,17,22)(H,18,19,20,21). The molecule has 9 heteroatoms. The van der Waals surface area contributed by atoms with Crippen LogP contribution < -0.4 is 10.6 Å². The normalized spacial score (nSPS) is 10.9. The Labute approximate surface area is 125 Å². The number of carbonyl (C=O) groups is 1. The average molecular weight is 301 g/mol. The highest BCUT2D eigenvalue weighted by Gasteiger charge is 2.11. The number of halogens is 1. The van der Waals surface area contributed by atoms with Crippen LogP contribution in [0.25, 0.3) is 5.57 Å². The topological polar surface area (TPSA) is 119 Å². The molecule has 3 N–H and O–H groups in total. The Kier molecular flexibility index (Phi) is 4.43. The fourth-order valence-electron chi connectivity index (χ4n) is 1.77. The zero-order valence-corrected chi connectivity index (χ0v) is 11.8. The third kappa shape index (κ3) is 3.43. The molecule has 0 aliphatic heterocycles. The van der Waals surface area contributed by atoms with Crippen molar-refractivity contribution in [2.24, 2.45) is 0 Å². The van der Waals surface area contributed by atoms with Gasteiger partial charge in [-0.3, -0.25) is 4.79 Å². The Bertz CT molecular complexity index is 761. The molecule has 0 spiro atoms. The largest absolute Gasteiger partial charge is 0.359 e. The van der Waals surface area contributed by atoms with Crippen molar-refractivity contribution in [3.8, 4) is 6.07 Å². The second-order valence-corrected chi connectivity index (χ2v) is 4.38. The monoisotopic (exact) mass is 301 g/mol. The molecule has 2 aromatic rings. The van der Waals surface area contributed by atoms with E-state index in [1.54, 1.807) is 6.92 Å². The maximum absolute atomic E-state index is 13.5. The van der Waals surface area contributed by atoms with E-state index < -0.39 is 5.82 Å². The smallest absolute Gasteiger partial charge is 0.221 e. The van der Waals surface area contributed by atoms with Crippen LogP contribution in [0.1, 0.15) is 18.3 Å². The van der Waals surface area contributed by atoms with E-state index >= 15 is 0 Å². The number of anilines is 2. The fourth-order valence-corrected chi connectivity index (χ4v) is 1.77. The molecule has 112 valence electrons. The van der Waals surface area contributed by atoms with Crippen LogP contribution in [-0.2, 0) is 4.79 Å². The van der Waals surface area contributed by atoms with Gasteiger partial charge in [0, 0.05) is 13.1 Å². The van der Waals surface area contributed by atoms with E-state index in [0.717, 1.165) is 0 Å². The zero-order valence-electron chi connectivity index (χ0n) is 11.8. The number of H-pyrrole nitrogens is 1. The summed E-state index contributed by atoms with van der Waals surface area (Å²) in [6, 6.07) is 4.40. The molecule has 0 bridgehead atoms. The van der Waals surface area contributed by atoms with Gasteiger partial charge in [-0.2, -0.15) is 10.5 Å². The van der Waals surface area contributed by atoms with Crippen molar-refractivity contribution in [1.29, 1.82) is 5.26 Å². The maximum atomic E-state index is 13.5. The van der Waals surface area contributed by atoms with Gasteiger partial charge >= 0.3 is 0 Å². The minimum atomic E-state index is -0.472. The average Bonchev–Trinajstić information content (AvgIpc) is 2.97. The highest BCUT2D eigenvalue weighted by atomic mass is 19.1. The van der Waals surface area contributed by atoms with E-state index in [1.807, 2.05) is 6.07 Å². The van der Waals surface area contributed by atoms with E-state index in [4.69, 9.17) is 5.26 Å². The highest BCUT2D eigenvalue weighted by Crippen LogP contribution is 2.28. The van der Waals surface area contributed by atoms with Gasteiger partial charge in [-0.25, -0.2) is 4.39 Å². The number of nitriles is 1. The van der Waals surface area contributed by atoms with Gasteiger partial charge in [-0.1, -0.05) is 0 Å². The number of hydrogen-bond donors (Lipinski definition) is 3. The van der Waals surface area contributed by atoms with Crippen LogP contribution in [-0.4, -0.2) is 26.5 Å². The van der Waals surface area contributed by atoms with Gasteiger partial charge in [0.25, 0.3) is 0 Å². The minimum Gasteiger partial charge on any atom is -0.359 e. The van der Waals surface area contributed by atoms with Crippen molar-refractivity contribution in [1.82, 2.24) is 20.6 Å². The first kappa shape index (κ1) is 15.1. The quantitative estimate of drug-likeness (QED) is 0.738. The first-order chi connectivity index (χ1) is 10.5. The minimum absolute atomic E-state index is 0.101. The SMILES string of the molecule is CC(=O)Nc1c(C)cc(F)cc1NC=C(C#N)c1nn[nH]n1. The van der Waals surface area contributed by atoms with Crippen LogP contribution in [0.2, 0.25) is 0 Å². The molecule has 0 atom stereocenters. The van der Waals surface area contributed by atoms with Crippen LogP contribution in [0.3, 0.4) is 0 Å². The number of aryl methyl sites for hydroxylation is 1. The molecule has 2 rings (SSSR count). The van der Waals surface area contributed by atoms with Crippen molar-refractivity contribution in [3.05, 3.63) is 35.5 Å². The molecule has 1 aromatic heterocycles. The predicted octanol–water partition coefficient (Wildman–Crippen LogP) is 1.58. The Balaban J connectivity index is 2.36. The number of amides is 1. The number of rotatable bonds is 4. The van der Waals surface area contributed by atoms with Crippen LogP contribution in [0.4, 0.5) is 15.8 Å². The molecule has 1 heterocycles. The molecule has 22 heavy (non-hydrogen) atoms. The third-order valence-corrected chi connectivity index (χ3v) is 2.68. The van der Waals surface area contributed by atoms with Gasteiger partial charge in [0.15, 0.2) is 0 Å². The lowest BCUT2D eigenvalue weighted by molar-refractivity contribution is -0.114. The molecule has 0 unspecified atom stereocenters. The summed E-state index contributed by atoms with van der Waals surface area (Å²) >= 11 is 0. The summed E-state index contributed by atoms with van der Waals surface area (Å²) in [4.78, 5) is 11.3. The molecule has 0 fully saturated rings. The second-order valence-electron chi connectivity index (χ2n) is 4.38. The Morgan fingerprint density at radius 1 is 1.50 bits per heavy atom. The molecule has 0 aliphatic carbocycles. The number of aromatic amines is 1. The Morgan fingerprint density at radius 2 is 2.27 bits per heavy atom. The summed E-state index contributed by atoms with van der Waals surface area (Å²) in [6.07, 6.45) is 1.31. The summed E-state index contributed by atoms with van der Waals surface area (Å²) < 4.78 is 13.5. The lowest BCUT2D eigenvalue weighted by atomic mass is 10.1. The fraction of sp³-hybridized carbons (Fsp3) is 0.154. The van der Waals surface area contributed by atoms with Gasteiger partial charge in [0.05, 0.1) is 11.4 Å². The van der Waals surface area contributed by atoms with Gasteiger partial charge in [-0.15, -0.1) is 10.2 Å².